The van der Waals surface area contributed by atoms with Gasteiger partial charge in [-0.05, 0) is 31.5 Å². The molecule has 0 aliphatic heterocycles. The van der Waals surface area contributed by atoms with Crippen LogP contribution in [0.2, 0.25) is 0 Å². The normalized spacial score (nSPS) is 12.6. The molecule has 1 N–H and O–H groups in total. The first-order chi connectivity index (χ1) is 10.0. The van der Waals surface area contributed by atoms with Crippen molar-refractivity contribution >= 4 is 0 Å². The van der Waals surface area contributed by atoms with Crippen LogP contribution in [-0.2, 0) is 13.5 Å². The van der Waals surface area contributed by atoms with Gasteiger partial charge < -0.3 is 9.88 Å². The largest absolute Gasteiger partial charge is 0.338 e. The molecule has 1 aromatic carbocycles. The summed E-state index contributed by atoms with van der Waals surface area (Å²) in [6.07, 6.45) is 5.08. The van der Waals surface area contributed by atoms with Crippen molar-refractivity contribution in [2.45, 2.75) is 32.7 Å². The van der Waals surface area contributed by atoms with Gasteiger partial charge in [-0.25, -0.2) is 13.8 Å². The quantitative estimate of drug-likeness (QED) is 0.885. The fourth-order valence-electron chi connectivity index (χ4n) is 2.33. The number of rotatable bonds is 6. The third-order valence-corrected chi connectivity index (χ3v) is 3.60. The summed E-state index contributed by atoms with van der Waals surface area (Å²) >= 11 is 0. The molecule has 0 aliphatic carbocycles. The maximum absolute atomic E-state index is 14.1. The predicted octanol–water partition coefficient (Wildman–Crippen LogP) is 3.29. The number of nitrogens with one attached hydrogen (secondary N) is 1. The van der Waals surface area contributed by atoms with Crippen LogP contribution in [0.15, 0.2) is 24.5 Å². The van der Waals surface area contributed by atoms with E-state index in [-0.39, 0.29) is 6.04 Å². The zero-order valence-electron chi connectivity index (χ0n) is 12.7. The fourth-order valence-corrected chi connectivity index (χ4v) is 2.33. The minimum absolute atomic E-state index is 0.217. The van der Waals surface area contributed by atoms with E-state index in [4.69, 9.17) is 0 Å². The van der Waals surface area contributed by atoms with Crippen LogP contribution in [0.1, 0.15) is 36.3 Å². The van der Waals surface area contributed by atoms with E-state index in [1.54, 1.807) is 19.2 Å². The van der Waals surface area contributed by atoms with E-state index in [1.165, 1.54) is 0 Å². The molecule has 1 aromatic heterocycles. The van der Waals surface area contributed by atoms with Crippen molar-refractivity contribution < 1.29 is 8.78 Å². The molecule has 1 heterocycles. The van der Waals surface area contributed by atoms with Crippen LogP contribution in [-0.4, -0.2) is 16.1 Å². The second kappa shape index (κ2) is 6.80. The van der Waals surface area contributed by atoms with Gasteiger partial charge in [0.15, 0.2) is 0 Å². The topological polar surface area (TPSA) is 29.9 Å². The number of hydrogen-bond acceptors (Lipinski definition) is 2. The van der Waals surface area contributed by atoms with Gasteiger partial charge in [0.1, 0.15) is 17.5 Å². The highest BCUT2D eigenvalue weighted by Crippen LogP contribution is 2.23. The molecule has 3 nitrogen and oxygen atoms in total. The maximum atomic E-state index is 14.1. The summed E-state index contributed by atoms with van der Waals surface area (Å²) in [6.45, 7) is 4.47. The third kappa shape index (κ3) is 3.67. The Bertz CT molecular complexity index is 608. The molecular weight excluding hydrogens is 272 g/mol. The van der Waals surface area contributed by atoms with Gasteiger partial charge in [0.25, 0.3) is 0 Å². The molecule has 114 valence electrons. The van der Waals surface area contributed by atoms with E-state index in [0.29, 0.717) is 17.5 Å². The first kappa shape index (κ1) is 15.6. The number of benzene rings is 1. The lowest BCUT2D eigenvalue weighted by Gasteiger charge is -2.20. The van der Waals surface area contributed by atoms with Gasteiger partial charge in [-0.15, -0.1) is 0 Å². The second-order valence-corrected chi connectivity index (χ2v) is 5.29. The van der Waals surface area contributed by atoms with Crippen LogP contribution in [0, 0.1) is 18.6 Å². The first-order valence-electron chi connectivity index (χ1n) is 7.18. The van der Waals surface area contributed by atoms with Gasteiger partial charge in [0.2, 0.25) is 0 Å². The molecule has 0 saturated carbocycles. The highest BCUT2D eigenvalue weighted by Gasteiger charge is 2.19. The van der Waals surface area contributed by atoms with Gasteiger partial charge >= 0.3 is 0 Å². The molecular formula is C16H21F2N3. The molecule has 1 unspecified atom stereocenters. The Labute approximate surface area is 124 Å². The summed E-state index contributed by atoms with van der Waals surface area (Å²) in [7, 11) is 1.91. The molecule has 0 spiro atoms. The van der Waals surface area contributed by atoms with Crippen LogP contribution in [0.25, 0.3) is 0 Å². The van der Waals surface area contributed by atoms with Crippen molar-refractivity contribution in [3.8, 4) is 0 Å². The predicted molar refractivity (Wildman–Crippen MR) is 79.0 cm³/mol. The average Bonchev–Trinajstić information content (AvgIpc) is 2.84. The molecule has 0 aliphatic rings. The summed E-state index contributed by atoms with van der Waals surface area (Å²) in [5.74, 6) is -0.159. The smallest absolute Gasteiger partial charge is 0.130 e. The van der Waals surface area contributed by atoms with Crippen molar-refractivity contribution in [1.29, 1.82) is 0 Å². The van der Waals surface area contributed by atoms with E-state index in [0.717, 1.165) is 24.9 Å². The van der Waals surface area contributed by atoms with E-state index in [1.807, 2.05) is 17.8 Å². The van der Waals surface area contributed by atoms with E-state index in [9.17, 15) is 8.78 Å². The molecule has 0 radical (unpaired) electrons. The summed E-state index contributed by atoms with van der Waals surface area (Å²) < 4.78 is 29.5. The molecule has 0 saturated heterocycles. The monoisotopic (exact) mass is 293 g/mol. The lowest BCUT2D eigenvalue weighted by atomic mass is 10.00. The molecule has 2 rings (SSSR count). The Morgan fingerprint density at radius 3 is 2.67 bits per heavy atom. The second-order valence-electron chi connectivity index (χ2n) is 5.29. The van der Waals surface area contributed by atoms with E-state index < -0.39 is 11.6 Å². The number of imidazole rings is 1. The summed E-state index contributed by atoms with van der Waals surface area (Å²) in [6, 6.07) is 2.33. The Morgan fingerprint density at radius 2 is 2.05 bits per heavy atom. The SMILES string of the molecule is CCCNC(Cc1nccn1C)c1cc(C)c(F)cc1F. The van der Waals surface area contributed by atoms with Gasteiger partial charge in [0.05, 0.1) is 0 Å². The Kier molecular flexibility index (Phi) is 5.07. The molecule has 0 bridgehead atoms. The Hall–Kier alpha value is -1.75. The van der Waals surface area contributed by atoms with Crippen LogP contribution in [0.5, 0.6) is 0 Å². The number of halogens is 2. The zero-order chi connectivity index (χ0) is 15.4. The zero-order valence-corrected chi connectivity index (χ0v) is 12.7. The first-order valence-corrected chi connectivity index (χ1v) is 7.18. The number of nitrogens with zero attached hydrogens (tertiary/aromatic N) is 2. The van der Waals surface area contributed by atoms with Crippen LogP contribution in [0.3, 0.4) is 0 Å². The van der Waals surface area contributed by atoms with Crippen LogP contribution >= 0.6 is 0 Å². The number of aryl methyl sites for hydroxylation is 2. The van der Waals surface area contributed by atoms with Crippen molar-refractivity contribution in [2.75, 3.05) is 6.54 Å². The van der Waals surface area contributed by atoms with E-state index >= 15 is 0 Å². The molecule has 2 aromatic rings. The van der Waals surface area contributed by atoms with Crippen LogP contribution < -0.4 is 5.32 Å². The average molecular weight is 293 g/mol. The lowest BCUT2D eigenvalue weighted by molar-refractivity contribution is 0.478. The molecule has 0 amide bonds. The highest BCUT2D eigenvalue weighted by atomic mass is 19.1. The minimum Gasteiger partial charge on any atom is -0.338 e. The summed E-state index contributed by atoms with van der Waals surface area (Å²) in [4.78, 5) is 4.29. The van der Waals surface area contributed by atoms with Gasteiger partial charge in [-0.2, -0.15) is 0 Å². The van der Waals surface area contributed by atoms with E-state index in [2.05, 4.69) is 17.2 Å². The highest BCUT2D eigenvalue weighted by molar-refractivity contribution is 5.29. The number of hydrogen-bond donors (Lipinski definition) is 1. The summed E-state index contributed by atoms with van der Waals surface area (Å²) in [5, 5.41) is 3.32. The molecule has 5 heteroatoms. The number of aromatic nitrogens is 2. The van der Waals surface area contributed by atoms with Crippen molar-refractivity contribution in [1.82, 2.24) is 14.9 Å². The lowest BCUT2D eigenvalue weighted by Crippen LogP contribution is -2.26. The van der Waals surface area contributed by atoms with Gasteiger partial charge in [-0.1, -0.05) is 6.92 Å². The Balaban J connectivity index is 2.31. The Morgan fingerprint density at radius 1 is 1.29 bits per heavy atom. The van der Waals surface area contributed by atoms with Crippen molar-refractivity contribution in [2.24, 2.45) is 7.05 Å². The fraction of sp³-hybridized carbons (Fsp3) is 0.438. The summed E-state index contributed by atoms with van der Waals surface area (Å²) in [5.41, 5.74) is 0.944. The van der Waals surface area contributed by atoms with Crippen molar-refractivity contribution in [3.63, 3.8) is 0 Å². The van der Waals surface area contributed by atoms with Crippen molar-refractivity contribution in [3.05, 3.63) is 53.1 Å². The van der Waals surface area contributed by atoms with Gasteiger partial charge in [0, 0.05) is 43.5 Å². The van der Waals surface area contributed by atoms with Crippen LogP contribution in [0.4, 0.5) is 8.78 Å². The van der Waals surface area contributed by atoms with Gasteiger partial charge in [-0.3, -0.25) is 0 Å². The minimum atomic E-state index is -0.513. The molecule has 1 atom stereocenters. The third-order valence-electron chi connectivity index (χ3n) is 3.60. The maximum Gasteiger partial charge on any atom is 0.130 e. The standard InChI is InChI=1S/C16H21F2N3/c1-4-5-19-15(10-16-20-6-7-21(16)3)12-8-11(2)13(17)9-14(12)18/h6-9,15,19H,4-5,10H2,1-3H3. The molecule has 21 heavy (non-hydrogen) atoms. The molecule has 0 fully saturated rings.